The van der Waals surface area contributed by atoms with Crippen LogP contribution in [0.4, 0.5) is 0 Å². The minimum absolute atomic E-state index is 0.219. The Kier molecular flexibility index (Phi) is 4.68. The molecule has 0 aromatic heterocycles. The summed E-state index contributed by atoms with van der Waals surface area (Å²) in [5.74, 6) is 0. The molecule has 0 saturated heterocycles. The van der Waals surface area contributed by atoms with Gasteiger partial charge < -0.3 is 5.73 Å². The van der Waals surface area contributed by atoms with Crippen LogP contribution in [0.3, 0.4) is 0 Å². The Bertz CT molecular complexity index is 282. The number of nitrogens with two attached hydrogens (primary N) is 1. The highest BCUT2D eigenvalue weighted by atomic mass is 32.2. The molecule has 1 aromatic carbocycles. The summed E-state index contributed by atoms with van der Waals surface area (Å²) in [6.07, 6.45) is 2.11. The van der Waals surface area contributed by atoms with E-state index in [-0.39, 0.29) is 4.75 Å². The quantitative estimate of drug-likeness (QED) is 0.771. The van der Waals surface area contributed by atoms with Crippen LogP contribution in [0.5, 0.6) is 0 Å². The lowest BCUT2D eigenvalue weighted by Crippen LogP contribution is -2.29. The van der Waals surface area contributed by atoms with Gasteiger partial charge in [0.1, 0.15) is 0 Å². The maximum Gasteiger partial charge on any atom is 0.0165 e. The molecule has 2 heteroatoms. The fourth-order valence-electron chi connectivity index (χ4n) is 1.62. The van der Waals surface area contributed by atoms with Crippen LogP contribution in [-0.2, 0) is 0 Å². The van der Waals surface area contributed by atoms with Crippen molar-refractivity contribution in [1.82, 2.24) is 0 Å². The van der Waals surface area contributed by atoms with E-state index in [4.69, 9.17) is 5.73 Å². The molecule has 84 valence electrons. The third-order valence-corrected chi connectivity index (χ3v) is 3.64. The molecule has 0 aliphatic carbocycles. The summed E-state index contributed by atoms with van der Waals surface area (Å²) in [6, 6.07) is 10.8. The van der Waals surface area contributed by atoms with Crippen molar-refractivity contribution in [2.75, 3.05) is 0 Å². The van der Waals surface area contributed by atoms with Gasteiger partial charge in [-0.25, -0.2) is 0 Å². The molecule has 0 heterocycles. The van der Waals surface area contributed by atoms with Gasteiger partial charge in [-0.2, -0.15) is 0 Å². The summed E-state index contributed by atoms with van der Waals surface area (Å²) in [5.41, 5.74) is 6.00. The third-order valence-electron chi connectivity index (χ3n) is 2.42. The van der Waals surface area contributed by atoms with E-state index in [2.05, 4.69) is 51.1 Å². The molecule has 0 saturated carbocycles. The minimum Gasteiger partial charge on any atom is -0.328 e. The van der Waals surface area contributed by atoms with E-state index in [0.29, 0.717) is 6.04 Å². The van der Waals surface area contributed by atoms with Gasteiger partial charge in [-0.15, -0.1) is 11.8 Å². The second kappa shape index (κ2) is 5.57. The number of thioether (sulfide) groups is 1. The van der Waals surface area contributed by atoms with Gasteiger partial charge in [-0.1, -0.05) is 39.0 Å². The van der Waals surface area contributed by atoms with Crippen molar-refractivity contribution in [3.8, 4) is 0 Å². The van der Waals surface area contributed by atoms with Gasteiger partial charge in [0.2, 0.25) is 0 Å². The molecule has 1 unspecified atom stereocenters. The molecule has 0 aliphatic heterocycles. The SMILES string of the molecule is CCC(N)CC(C)(C)Sc1ccccc1. The highest BCUT2D eigenvalue weighted by Crippen LogP contribution is 2.35. The largest absolute Gasteiger partial charge is 0.328 e. The third kappa shape index (κ3) is 4.72. The lowest BCUT2D eigenvalue weighted by atomic mass is 10.0. The Hall–Kier alpha value is -0.470. The molecule has 1 atom stereocenters. The van der Waals surface area contributed by atoms with E-state index in [9.17, 15) is 0 Å². The van der Waals surface area contributed by atoms with Crippen LogP contribution in [0, 0.1) is 0 Å². The molecular weight excluding hydrogens is 202 g/mol. The molecule has 0 radical (unpaired) electrons. The molecule has 0 aliphatic rings. The van der Waals surface area contributed by atoms with Crippen LogP contribution in [0.25, 0.3) is 0 Å². The van der Waals surface area contributed by atoms with Crippen LogP contribution in [0.2, 0.25) is 0 Å². The standard InChI is InChI=1S/C13H21NS/c1-4-11(14)10-13(2,3)15-12-8-6-5-7-9-12/h5-9,11H,4,10,14H2,1-3H3. The number of rotatable bonds is 5. The number of hydrogen-bond acceptors (Lipinski definition) is 2. The van der Waals surface area contributed by atoms with E-state index in [1.807, 2.05) is 11.8 Å². The maximum absolute atomic E-state index is 6.00. The summed E-state index contributed by atoms with van der Waals surface area (Å²) in [7, 11) is 0. The van der Waals surface area contributed by atoms with Crippen molar-refractivity contribution in [3.05, 3.63) is 30.3 Å². The molecule has 1 rings (SSSR count). The summed E-state index contributed by atoms with van der Waals surface area (Å²) in [6.45, 7) is 6.67. The Labute approximate surface area is 97.4 Å². The zero-order valence-corrected chi connectivity index (χ0v) is 10.7. The topological polar surface area (TPSA) is 26.0 Å². The summed E-state index contributed by atoms with van der Waals surface area (Å²) < 4.78 is 0.219. The van der Waals surface area contributed by atoms with Gasteiger partial charge in [0.25, 0.3) is 0 Å². The first-order valence-corrected chi connectivity index (χ1v) is 6.35. The van der Waals surface area contributed by atoms with Gasteiger partial charge in [-0.05, 0) is 25.0 Å². The lowest BCUT2D eigenvalue weighted by Gasteiger charge is -2.27. The molecule has 1 nitrogen and oxygen atoms in total. The van der Waals surface area contributed by atoms with Gasteiger partial charge >= 0.3 is 0 Å². The average molecular weight is 223 g/mol. The van der Waals surface area contributed by atoms with Crippen LogP contribution < -0.4 is 5.73 Å². The number of hydrogen-bond donors (Lipinski definition) is 1. The predicted octanol–water partition coefficient (Wildman–Crippen LogP) is 3.68. The zero-order valence-electron chi connectivity index (χ0n) is 9.86. The molecule has 0 fully saturated rings. The van der Waals surface area contributed by atoms with Crippen molar-refractivity contribution < 1.29 is 0 Å². The lowest BCUT2D eigenvalue weighted by molar-refractivity contribution is 0.519. The average Bonchev–Trinajstić information content (AvgIpc) is 2.17. The van der Waals surface area contributed by atoms with Crippen LogP contribution in [0.1, 0.15) is 33.6 Å². The molecular formula is C13H21NS. The van der Waals surface area contributed by atoms with Gasteiger partial charge in [-0.3, -0.25) is 0 Å². The van der Waals surface area contributed by atoms with Crippen LogP contribution >= 0.6 is 11.8 Å². The Morgan fingerprint density at radius 2 is 1.87 bits per heavy atom. The van der Waals surface area contributed by atoms with Crippen LogP contribution in [0.15, 0.2) is 35.2 Å². The molecule has 15 heavy (non-hydrogen) atoms. The Morgan fingerprint density at radius 1 is 1.27 bits per heavy atom. The van der Waals surface area contributed by atoms with Crippen LogP contribution in [-0.4, -0.2) is 10.8 Å². The van der Waals surface area contributed by atoms with Crippen molar-refractivity contribution >= 4 is 11.8 Å². The highest BCUT2D eigenvalue weighted by molar-refractivity contribution is 8.00. The van der Waals surface area contributed by atoms with E-state index in [0.717, 1.165) is 12.8 Å². The summed E-state index contributed by atoms with van der Waals surface area (Å²) in [4.78, 5) is 1.32. The summed E-state index contributed by atoms with van der Waals surface area (Å²) >= 11 is 1.91. The first-order chi connectivity index (χ1) is 7.03. The summed E-state index contributed by atoms with van der Waals surface area (Å²) in [5, 5.41) is 0. The second-order valence-electron chi connectivity index (χ2n) is 4.55. The molecule has 0 spiro atoms. The first kappa shape index (κ1) is 12.6. The molecule has 2 N–H and O–H groups in total. The van der Waals surface area contributed by atoms with Crippen molar-refractivity contribution in [3.63, 3.8) is 0 Å². The monoisotopic (exact) mass is 223 g/mol. The smallest absolute Gasteiger partial charge is 0.0165 e. The fraction of sp³-hybridized carbons (Fsp3) is 0.538. The van der Waals surface area contributed by atoms with Crippen molar-refractivity contribution in [2.45, 2.75) is 49.3 Å². The molecule has 1 aromatic rings. The second-order valence-corrected chi connectivity index (χ2v) is 6.33. The van der Waals surface area contributed by atoms with E-state index in [1.165, 1.54) is 4.90 Å². The highest BCUT2D eigenvalue weighted by Gasteiger charge is 2.21. The van der Waals surface area contributed by atoms with Crippen molar-refractivity contribution in [2.24, 2.45) is 5.73 Å². The van der Waals surface area contributed by atoms with Gasteiger partial charge in [0.05, 0.1) is 0 Å². The van der Waals surface area contributed by atoms with Crippen molar-refractivity contribution in [1.29, 1.82) is 0 Å². The Balaban J connectivity index is 2.56. The first-order valence-electron chi connectivity index (χ1n) is 5.53. The van der Waals surface area contributed by atoms with E-state index >= 15 is 0 Å². The van der Waals surface area contributed by atoms with E-state index < -0.39 is 0 Å². The minimum atomic E-state index is 0.219. The number of benzene rings is 1. The zero-order chi connectivity index (χ0) is 11.3. The normalized spacial score (nSPS) is 13.9. The molecule has 0 bridgehead atoms. The maximum atomic E-state index is 6.00. The van der Waals surface area contributed by atoms with Gasteiger partial charge in [0, 0.05) is 15.7 Å². The predicted molar refractivity (Wildman–Crippen MR) is 69.3 cm³/mol. The van der Waals surface area contributed by atoms with E-state index in [1.54, 1.807) is 0 Å². The molecule has 0 amide bonds. The fourth-order valence-corrected chi connectivity index (χ4v) is 2.85. The Morgan fingerprint density at radius 3 is 2.40 bits per heavy atom. The van der Waals surface area contributed by atoms with Gasteiger partial charge in [0.15, 0.2) is 0 Å².